The van der Waals surface area contributed by atoms with Gasteiger partial charge < -0.3 is 0 Å². The van der Waals surface area contributed by atoms with Gasteiger partial charge >= 0.3 is 0 Å². The third kappa shape index (κ3) is 1.97. The molecular formula is C11H8ClFN2. The molecule has 4 heteroatoms. The topological polar surface area (TPSA) is 25.8 Å². The molecule has 1 aromatic carbocycles. The molecule has 2 rings (SSSR count). The van der Waals surface area contributed by atoms with E-state index in [0.29, 0.717) is 0 Å². The van der Waals surface area contributed by atoms with Gasteiger partial charge in [0, 0.05) is 5.56 Å². The smallest absolute Gasteiger partial charge is 0.223 e. The molecular weight excluding hydrogens is 215 g/mol. The van der Waals surface area contributed by atoms with Crippen molar-refractivity contribution < 1.29 is 4.39 Å². The van der Waals surface area contributed by atoms with Gasteiger partial charge in [-0.2, -0.15) is 0 Å². The van der Waals surface area contributed by atoms with Gasteiger partial charge in [0.15, 0.2) is 5.82 Å². The number of rotatable bonds is 1. The Hall–Kier alpha value is -1.48. The molecule has 0 bridgehead atoms. The minimum Gasteiger partial charge on any atom is -0.223 e. The molecule has 0 unspecified atom stereocenters. The molecule has 15 heavy (non-hydrogen) atoms. The summed E-state index contributed by atoms with van der Waals surface area (Å²) in [6.07, 6.45) is 1.08. The lowest BCUT2D eigenvalue weighted by atomic mass is 10.1. The molecule has 76 valence electrons. The van der Waals surface area contributed by atoms with Gasteiger partial charge in [0.05, 0.1) is 6.20 Å². The summed E-state index contributed by atoms with van der Waals surface area (Å²) in [5.41, 5.74) is 1.93. The predicted molar refractivity (Wildman–Crippen MR) is 57.2 cm³/mol. The number of hydrogen-bond donors (Lipinski definition) is 0. The minimum atomic E-state index is -0.464. The van der Waals surface area contributed by atoms with E-state index >= 15 is 0 Å². The molecule has 0 aliphatic carbocycles. The van der Waals surface area contributed by atoms with Gasteiger partial charge in [0.25, 0.3) is 0 Å². The lowest BCUT2D eigenvalue weighted by molar-refractivity contribution is 0.618. The van der Waals surface area contributed by atoms with Crippen molar-refractivity contribution in [1.82, 2.24) is 9.97 Å². The average Bonchev–Trinajstić information content (AvgIpc) is 2.23. The van der Waals surface area contributed by atoms with Crippen molar-refractivity contribution in [2.24, 2.45) is 0 Å². The lowest BCUT2D eigenvalue weighted by Gasteiger charge is -2.05. The van der Waals surface area contributed by atoms with E-state index < -0.39 is 5.82 Å². The molecule has 0 N–H and O–H groups in total. The van der Waals surface area contributed by atoms with Crippen LogP contribution < -0.4 is 0 Å². The van der Waals surface area contributed by atoms with Crippen molar-refractivity contribution in [1.29, 1.82) is 0 Å². The summed E-state index contributed by atoms with van der Waals surface area (Å²) in [5, 5.41) is 0.0506. The second-order valence-corrected chi connectivity index (χ2v) is 3.49. The minimum absolute atomic E-state index is 0.0506. The van der Waals surface area contributed by atoms with Crippen molar-refractivity contribution in [3.63, 3.8) is 0 Å². The van der Waals surface area contributed by atoms with Crippen LogP contribution in [0.3, 0.4) is 0 Å². The first kappa shape index (κ1) is 10.1. The Balaban J connectivity index is 2.64. The molecule has 0 spiro atoms. The first-order chi connectivity index (χ1) is 7.18. The molecule has 1 aromatic heterocycles. The fraction of sp³-hybridized carbons (Fsp3) is 0.0909. The van der Waals surface area contributed by atoms with Crippen LogP contribution in [0.5, 0.6) is 0 Å². The molecule has 2 aromatic rings. The summed E-state index contributed by atoms with van der Waals surface area (Å²) in [6.45, 7) is 1.89. The summed E-state index contributed by atoms with van der Waals surface area (Å²) in [6, 6.07) is 7.42. The summed E-state index contributed by atoms with van der Waals surface area (Å²) in [4.78, 5) is 7.46. The first-order valence-electron chi connectivity index (χ1n) is 4.42. The van der Waals surface area contributed by atoms with Crippen LogP contribution in [0.1, 0.15) is 5.56 Å². The number of aryl methyl sites for hydroxylation is 1. The Bertz CT molecular complexity index is 500. The highest BCUT2D eigenvalue weighted by molar-refractivity contribution is 6.28. The van der Waals surface area contributed by atoms with E-state index in [0.717, 1.165) is 17.3 Å². The number of halogens is 2. The van der Waals surface area contributed by atoms with Crippen molar-refractivity contribution in [3.8, 4) is 11.3 Å². The van der Waals surface area contributed by atoms with E-state index in [4.69, 9.17) is 11.6 Å². The van der Waals surface area contributed by atoms with E-state index in [1.807, 2.05) is 25.1 Å². The van der Waals surface area contributed by atoms with Crippen LogP contribution in [0.15, 0.2) is 30.5 Å². The SMILES string of the molecule is Cc1ccccc1-c1nc(Cl)ncc1F. The number of hydrogen-bond acceptors (Lipinski definition) is 2. The molecule has 0 aliphatic heterocycles. The Kier molecular flexibility index (Phi) is 2.64. The van der Waals surface area contributed by atoms with Crippen LogP contribution in [0.2, 0.25) is 5.28 Å². The van der Waals surface area contributed by atoms with E-state index in [9.17, 15) is 4.39 Å². The van der Waals surface area contributed by atoms with Gasteiger partial charge in [-0.15, -0.1) is 0 Å². The third-order valence-electron chi connectivity index (χ3n) is 2.11. The summed E-state index contributed by atoms with van der Waals surface area (Å²) in [5.74, 6) is -0.464. The number of benzene rings is 1. The first-order valence-corrected chi connectivity index (χ1v) is 4.80. The van der Waals surface area contributed by atoms with Gasteiger partial charge in [-0.3, -0.25) is 0 Å². The van der Waals surface area contributed by atoms with Crippen LogP contribution in [-0.2, 0) is 0 Å². The zero-order valence-electron chi connectivity index (χ0n) is 8.04. The largest absolute Gasteiger partial charge is 0.223 e. The second kappa shape index (κ2) is 3.95. The van der Waals surface area contributed by atoms with E-state index in [-0.39, 0.29) is 11.0 Å². The summed E-state index contributed by atoms with van der Waals surface area (Å²) >= 11 is 5.63. The zero-order chi connectivity index (χ0) is 10.8. The van der Waals surface area contributed by atoms with Gasteiger partial charge in [0.1, 0.15) is 5.69 Å². The van der Waals surface area contributed by atoms with Gasteiger partial charge in [-0.1, -0.05) is 24.3 Å². The quantitative estimate of drug-likeness (QED) is 0.693. The Labute approximate surface area is 91.8 Å². The van der Waals surface area contributed by atoms with E-state index in [1.165, 1.54) is 0 Å². The van der Waals surface area contributed by atoms with Crippen LogP contribution in [0, 0.1) is 12.7 Å². The van der Waals surface area contributed by atoms with E-state index in [2.05, 4.69) is 9.97 Å². The van der Waals surface area contributed by atoms with E-state index in [1.54, 1.807) is 6.07 Å². The zero-order valence-corrected chi connectivity index (χ0v) is 8.79. The Morgan fingerprint density at radius 1 is 1.27 bits per heavy atom. The van der Waals surface area contributed by atoms with Crippen molar-refractivity contribution in [2.45, 2.75) is 6.92 Å². The molecule has 0 amide bonds. The predicted octanol–water partition coefficient (Wildman–Crippen LogP) is 3.24. The molecule has 0 atom stereocenters. The van der Waals surface area contributed by atoms with Crippen LogP contribution >= 0.6 is 11.6 Å². The highest BCUT2D eigenvalue weighted by Gasteiger charge is 2.10. The second-order valence-electron chi connectivity index (χ2n) is 3.15. The summed E-state index contributed by atoms with van der Waals surface area (Å²) < 4.78 is 13.5. The van der Waals surface area contributed by atoms with Crippen molar-refractivity contribution in [3.05, 3.63) is 47.1 Å². The van der Waals surface area contributed by atoms with Crippen LogP contribution in [-0.4, -0.2) is 9.97 Å². The molecule has 2 nitrogen and oxygen atoms in total. The average molecular weight is 223 g/mol. The van der Waals surface area contributed by atoms with Gasteiger partial charge in [0.2, 0.25) is 5.28 Å². The standard InChI is InChI=1S/C11H8ClFN2/c1-7-4-2-3-5-8(7)10-9(13)6-14-11(12)15-10/h2-6H,1H3. The lowest BCUT2D eigenvalue weighted by Crippen LogP contribution is -1.94. The maximum absolute atomic E-state index is 13.5. The molecule has 0 radical (unpaired) electrons. The fourth-order valence-corrected chi connectivity index (χ4v) is 1.51. The maximum Gasteiger partial charge on any atom is 0.223 e. The van der Waals surface area contributed by atoms with Gasteiger partial charge in [-0.05, 0) is 24.1 Å². The monoisotopic (exact) mass is 222 g/mol. The number of aromatic nitrogens is 2. The van der Waals surface area contributed by atoms with Crippen LogP contribution in [0.4, 0.5) is 4.39 Å². The molecule has 1 heterocycles. The number of nitrogens with zero attached hydrogens (tertiary/aromatic N) is 2. The molecule has 0 fully saturated rings. The fourth-order valence-electron chi connectivity index (χ4n) is 1.37. The van der Waals surface area contributed by atoms with Crippen molar-refractivity contribution in [2.75, 3.05) is 0 Å². The van der Waals surface area contributed by atoms with Crippen molar-refractivity contribution >= 4 is 11.6 Å². The molecule has 0 saturated carbocycles. The molecule has 0 saturated heterocycles. The summed E-state index contributed by atoms with van der Waals surface area (Å²) in [7, 11) is 0. The molecule has 0 aliphatic rings. The third-order valence-corrected chi connectivity index (χ3v) is 2.30. The normalized spacial score (nSPS) is 10.3. The Morgan fingerprint density at radius 2 is 2.00 bits per heavy atom. The van der Waals surface area contributed by atoms with Gasteiger partial charge in [-0.25, -0.2) is 14.4 Å². The Morgan fingerprint density at radius 3 is 2.73 bits per heavy atom. The van der Waals surface area contributed by atoms with Crippen LogP contribution in [0.25, 0.3) is 11.3 Å². The highest BCUT2D eigenvalue weighted by Crippen LogP contribution is 2.24. The maximum atomic E-state index is 13.5. The highest BCUT2D eigenvalue weighted by atomic mass is 35.5.